The van der Waals surface area contributed by atoms with Gasteiger partial charge in [0.2, 0.25) is 0 Å². The zero-order chi connectivity index (χ0) is 15.8. The molecule has 1 rings (SSSR count). The standard InChI is InChI=1S/C14H22N2O5/c1-10(2)7-15-8-11(17)9-21-12-4-5-14(20-3)13(6-12)16(18)19/h4-6,10-11,15,17H,7-9H2,1-3H3. The third kappa shape index (κ3) is 5.97. The van der Waals surface area contributed by atoms with Gasteiger partial charge in [-0.3, -0.25) is 10.1 Å². The van der Waals surface area contributed by atoms with Crippen LogP contribution in [0.3, 0.4) is 0 Å². The van der Waals surface area contributed by atoms with Crippen LogP contribution in [0, 0.1) is 16.0 Å². The van der Waals surface area contributed by atoms with E-state index in [1.54, 1.807) is 6.07 Å². The maximum atomic E-state index is 10.9. The maximum absolute atomic E-state index is 10.9. The molecule has 7 nitrogen and oxygen atoms in total. The van der Waals surface area contributed by atoms with E-state index >= 15 is 0 Å². The Kier molecular flexibility index (Phi) is 6.90. The number of ether oxygens (including phenoxy) is 2. The summed E-state index contributed by atoms with van der Waals surface area (Å²) in [4.78, 5) is 10.4. The Bertz CT molecular complexity index is 465. The van der Waals surface area contributed by atoms with Crippen molar-refractivity contribution in [3.63, 3.8) is 0 Å². The number of nitro benzene ring substituents is 1. The molecule has 1 aromatic rings. The largest absolute Gasteiger partial charge is 0.491 e. The molecule has 0 radical (unpaired) electrons. The predicted molar refractivity (Wildman–Crippen MR) is 78.9 cm³/mol. The van der Waals surface area contributed by atoms with Gasteiger partial charge in [0.1, 0.15) is 18.5 Å². The number of nitrogens with one attached hydrogen (secondary N) is 1. The van der Waals surface area contributed by atoms with Crippen LogP contribution in [0.1, 0.15) is 13.8 Å². The number of aliphatic hydroxyl groups excluding tert-OH is 1. The second-order valence-corrected chi connectivity index (χ2v) is 5.11. The van der Waals surface area contributed by atoms with Crippen LogP contribution in [-0.4, -0.2) is 42.9 Å². The van der Waals surface area contributed by atoms with Crippen molar-refractivity contribution in [2.75, 3.05) is 26.8 Å². The Hall–Kier alpha value is -1.86. The Morgan fingerprint density at radius 2 is 2.10 bits per heavy atom. The van der Waals surface area contributed by atoms with E-state index in [9.17, 15) is 15.2 Å². The van der Waals surface area contributed by atoms with E-state index in [4.69, 9.17) is 9.47 Å². The highest BCUT2D eigenvalue weighted by molar-refractivity contribution is 5.50. The quantitative estimate of drug-likeness (QED) is 0.531. The third-order valence-electron chi connectivity index (χ3n) is 2.72. The SMILES string of the molecule is COc1ccc(OCC(O)CNCC(C)C)cc1[N+](=O)[O-]. The smallest absolute Gasteiger partial charge is 0.314 e. The highest BCUT2D eigenvalue weighted by Crippen LogP contribution is 2.30. The molecule has 0 aliphatic carbocycles. The van der Waals surface area contributed by atoms with Crippen molar-refractivity contribution in [3.8, 4) is 11.5 Å². The number of aliphatic hydroxyl groups is 1. The summed E-state index contributed by atoms with van der Waals surface area (Å²) in [7, 11) is 1.37. The normalized spacial score (nSPS) is 12.2. The number of nitrogens with zero attached hydrogens (tertiary/aromatic N) is 1. The average Bonchev–Trinajstić information content (AvgIpc) is 2.44. The number of rotatable bonds is 9. The highest BCUT2D eigenvalue weighted by Gasteiger charge is 2.16. The van der Waals surface area contributed by atoms with Gasteiger partial charge in [0.25, 0.3) is 0 Å². The van der Waals surface area contributed by atoms with Crippen LogP contribution < -0.4 is 14.8 Å². The molecule has 0 aromatic heterocycles. The molecule has 118 valence electrons. The molecule has 0 saturated carbocycles. The Morgan fingerprint density at radius 3 is 2.67 bits per heavy atom. The monoisotopic (exact) mass is 298 g/mol. The Balaban J connectivity index is 2.51. The van der Waals surface area contributed by atoms with Crippen molar-refractivity contribution in [2.45, 2.75) is 20.0 Å². The fraction of sp³-hybridized carbons (Fsp3) is 0.571. The summed E-state index contributed by atoms with van der Waals surface area (Å²) >= 11 is 0. The van der Waals surface area contributed by atoms with E-state index in [0.29, 0.717) is 18.2 Å². The molecule has 1 aromatic carbocycles. The predicted octanol–water partition coefficient (Wildman–Crippen LogP) is 1.59. The number of benzene rings is 1. The van der Waals surface area contributed by atoms with Crippen molar-refractivity contribution < 1.29 is 19.5 Å². The number of nitro groups is 1. The summed E-state index contributed by atoms with van der Waals surface area (Å²) in [5, 5.41) is 23.8. The van der Waals surface area contributed by atoms with Gasteiger partial charge in [-0.2, -0.15) is 0 Å². The number of methoxy groups -OCH3 is 1. The molecule has 0 fully saturated rings. The van der Waals surface area contributed by atoms with Crippen molar-refractivity contribution in [1.82, 2.24) is 5.32 Å². The molecule has 0 aliphatic heterocycles. The molecular weight excluding hydrogens is 276 g/mol. The first-order valence-corrected chi connectivity index (χ1v) is 6.78. The van der Waals surface area contributed by atoms with Crippen molar-refractivity contribution in [1.29, 1.82) is 0 Å². The van der Waals surface area contributed by atoms with E-state index in [2.05, 4.69) is 19.2 Å². The molecule has 1 atom stereocenters. The fourth-order valence-corrected chi connectivity index (χ4v) is 1.69. The number of hydrogen-bond acceptors (Lipinski definition) is 6. The molecule has 7 heteroatoms. The second-order valence-electron chi connectivity index (χ2n) is 5.11. The van der Waals surface area contributed by atoms with E-state index in [0.717, 1.165) is 6.54 Å². The van der Waals surface area contributed by atoms with Gasteiger partial charge in [-0.15, -0.1) is 0 Å². The summed E-state index contributed by atoms with van der Waals surface area (Å²) in [5.41, 5.74) is -0.164. The summed E-state index contributed by atoms with van der Waals surface area (Å²) < 4.78 is 10.3. The van der Waals surface area contributed by atoms with E-state index in [1.807, 2.05) is 0 Å². The lowest BCUT2D eigenvalue weighted by Crippen LogP contribution is -2.33. The van der Waals surface area contributed by atoms with Gasteiger partial charge in [-0.05, 0) is 24.6 Å². The lowest BCUT2D eigenvalue weighted by atomic mass is 10.2. The zero-order valence-electron chi connectivity index (χ0n) is 12.5. The van der Waals surface area contributed by atoms with Gasteiger partial charge in [0, 0.05) is 6.54 Å². The van der Waals surface area contributed by atoms with Crippen LogP contribution in [0.2, 0.25) is 0 Å². The van der Waals surface area contributed by atoms with Crippen molar-refractivity contribution in [2.24, 2.45) is 5.92 Å². The van der Waals surface area contributed by atoms with Gasteiger partial charge < -0.3 is 19.9 Å². The summed E-state index contributed by atoms with van der Waals surface area (Å²) in [6, 6.07) is 4.32. The van der Waals surface area contributed by atoms with E-state index in [-0.39, 0.29) is 18.0 Å². The molecule has 1 unspecified atom stereocenters. The van der Waals surface area contributed by atoms with Gasteiger partial charge >= 0.3 is 5.69 Å². The first-order valence-electron chi connectivity index (χ1n) is 6.78. The minimum Gasteiger partial charge on any atom is -0.491 e. The summed E-state index contributed by atoms with van der Waals surface area (Å²) in [6.07, 6.45) is -0.676. The van der Waals surface area contributed by atoms with Crippen LogP contribution in [0.4, 0.5) is 5.69 Å². The van der Waals surface area contributed by atoms with E-state index in [1.165, 1.54) is 19.2 Å². The summed E-state index contributed by atoms with van der Waals surface area (Å²) in [6.45, 7) is 5.44. The maximum Gasteiger partial charge on any atom is 0.314 e. The van der Waals surface area contributed by atoms with Gasteiger partial charge in [0.15, 0.2) is 5.75 Å². The molecule has 0 spiro atoms. The topological polar surface area (TPSA) is 93.9 Å². The van der Waals surface area contributed by atoms with Crippen LogP contribution in [0.15, 0.2) is 18.2 Å². The Morgan fingerprint density at radius 1 is 1.38 bits per heavy atom. The van der Waals surface area contributed by atoms with Crippen molar-refractivity contribution >= 4 is 5.69 Å². The minimum atomic E-state index is -0.676. The lowest BCUT2D eigenvalue weighted by Gasteiger charge is -2.14. The first-order chi connectivity index (χ1) is 9.93. The van der Waals surface area contributed by atoms with Crippen LogP contribution >= 0.6 is 0 Å². The summed E-state index contributed by atoms with van der Waals surface area (Å²) in [5.74, 6) is 0.999. The van der Waals surface area contributed by atoms with Crippen LogP contribution in [0.25, 0.3) is 0 Å². The zero-order valence-corrected chi connectivity index (χ0v) is 12.5. The van der Waals surface area contributed by atoms with Gasteiger partial charge in [0.05, 0.1) is 18.1 Å². The first kappa shape index (κ1) is 17.2. The molecule has 0 aliphatic rings. The molecule has 21 heavy (non-hydrogen) atoms. The molecule has 2 N–H and O–H groups in total. The molecule has 0 saturated heterocycles. The van der Waals surface area contributed by atoms with Gasteiger partial charge in [-0.25, -0.2) is 0 Å². The molecular formula is C14H22N2O5. The lowest BCUT2D eigenvalue weighted by molar-refractivity contribution is -0.385. The average molecular weight is 298 g/mol. The molecule has 0 heterocycles. The second kappa shape index (κ2) is 8.43. The molecule has 0 bridgehead atoms. The fourth-order valence-electron chi connectivity index (χ4n) is 1.69. The van der Waals surface area contributed by atoms with Crippen molar-refractivity contribution in [3.05, 3.63) is 28.3 Å². The van der Waals surface area contributed by atoms with Gasteiger partial charge in [-0.1, -0.05) is 13.8 Å². The van der Waals surface area contributed by atoms with E-state index < -0.39 is 11.0 Å². The number of hydrogen-bond donors (Lipinski definition) is 2. The Labute approximate surface area is 124 Å². The molecule has 0 amide bonds. The van der Waals surface area contributed by atoms with Crippen LogP contribution in [0.5, 0.6) is 11.5 Å². The minimum absolute atomic E-state index is 0.0641. The highest BCUT2D eigenvalue weighted by atomic mass is 16.6. The van der Waals surface area contributed by atoms with Crippen LogP contribution in [-0.2, 0) is 0 Å². The third-order valence-corrected chi connectivity index (χ3v) is 2.72.